The molecule has 2 rings (SSSR count). The molecule has 0 aliphatic carbocycles. The van der Waals surface area contributed by atoms with Gasteiger partial charge in [-0.05, 0) is 11.6 Å². The Balaban J connectivity index is 2.12. The Labute approximate surface area is 113 Å². The first kappa shape index (κ1) is 13.1. The van der Waals surface area contributed by atoms with Gasteiger partial charge in [0.05, 0.1) is 16.1 Å². The van der Waals surface area contributed by atoms with Crippen LogP contribution in [0.1, 0.15) is 5.56 Å². The molecular formula is C12H10ClN3O3. The standard InChI is InChI=1S/C12H10ClN3O3/c13-9-4-10(6-15-5-9)19-7-8-1-2-11(14)12(3-8)16(17)18/h1-6H,7,14H2. The predicted molar refractivity (Wildman–Crippen MR) is 71.1 cm³/mol. The van der Waals surface area contributed by atoms with Gasteiger partial charge in [0.15, 0.2) is 0 Å². The second kappa shape index (κ2) is 5.53. The van der Waals surface area contributed by atoms with E-state index in [9.17, 15) is 10.1 Å². The maximum atomic E-state index is 10.8. The molecule has 0 fully saturated rings. The van der Waals surface area contributed by atoms with Gasteiger partial charge < -0.3 is 10.5 Å². The van der Waals surface area contributed by atoms with E-state index in [1.807, 2.05) is 0 Å². The Hall–Kier alpha value is -2.34. The second-order valence-electron chi connectivity index (χ2n) is 3.78. The Morgan fingerprint density at radius 2 is 2.16 bits per heavy atom. The summed E-state index contributed by atoms with van der Waals surface area (Å²) < 4.78 is 5.44. The first-order valence-corrected chi connectivity index (χ1v) is 5.70. The summed E-state index contributed by atoms with van der Waals surface area (Å²) in [7, 11) is 0. The van der Waals surface area contributed by atoms with E-state index in [1.54, 1.807) is 12.1 Å². The summed E-state index contributed by atoms with van der Waals surface area (Å²) in [5.41, 5.74) is 6.14. The van der Waals surface area contributed by atoms with Crippen LogP contribution in [0.15, 0.2) is 36.7 Å². The number of nitrogens with two attached hydrogens (primary N) is 1. The fourth-order valence-corrected chi connectivity index (χ4v) is 1.64. The van der Waals surface area contributed by atoms with Crippen molar-refractivity contribution in [3.63, 3.8) is 0 Å². The minimum absolute atomic E-state index is 0.123. The molecule has 2 aromatic rings. The zero-order chi connectivity index (χ0) is 13.8. The maximum Gasteiger partial charge on any atom is 0.292 e. The van der Waals surface area contributed by atoms with Gasteiger partial charge in [0.25, 0.3) is 5.69 Å². The number of benzene rings is 1. The van der Waals surface area contributed by atoms with Gasteiger partial charge in [0, 0.05) is 18.3 Å². The molecule has 0 saturated heterocycles. The van der Waals surface area contributed by atoms with E-state index in [1.165, 1.54) is 24.5 Å². The number of hydrogen-bond donors (Lipinski definition) is 1. The number of aromatic nitrogens is 1. The minimum atomic E-state index is -0.528. The molecule has 6 nitrogen and oxygen atoms in total. The van der Waals surface area contributed by atoms with Crippen molar-refractivity contribution < 1.29 is 9.66 Å². The number of hydrogen-bond acceptors (Lipinski definition) is 5. The van der Waals surface area contributed by atoms with Crippen molar-refractivity contribution >= 4 is 23.0 Å². The summed E-state index contributed by atoms with van der Waals surface area (Å²) >= 11 is 5.77. The third-order valence-corrected chi connectivity index (χ3v) is 2.58. The molecule has 0 bridgehead atoms. The summed E-state index contributed by atoms with van der Waals surface area (Å²) in [6.45, 7) is 0.170. The van der Waals surface area contributed by atoms with Crippen LogP contribution in [-0.2, 0) is 6.61 Å². The fourth-order valence-electron chi connectivity index (χ4n) is 1.48. The van der Waals surface area contributed by atoms with E-state index in [2.05, 4.69) is 4.98 Å². The lowest BCUT2D eigenvalue weighted by Crippen LogP contribution is -2.00. The molecule has 98 valence electrons. The average molecular weight is 280 g/mol. The lowest BCUT2D eigenvalue weighted by atomic mass is 10.2. The highest BCUT2D eigenvalue weighted by molar-refractivity contribution is 6.30. The molecule has 0 saturated carbocycles. The first-order chi connectivity index (χ1) is 9.06. The monoisotopic (exact) mass is 279 g/mol. The van der Waals surface area contributed by atoms with Crippen LogP contribution in [0.4, 0.5) is 11.4 Å². The molecule has 0 radical (unpaired) electrons. The largest absolute Gasteiger partial charge is 0.487 e. The smallest absolute Gasteiger partial charge is 0.292 e. The van der Waals surface area contributed by atoms with Crippen LogP contribution in [0.3, 0.4) is 0 Å². The molecule has 1 aromatic heterocycles. The summed E-state index contributed by atoms with van der Waals surface area (Å²) in [5, 5.41) is 11.2. The summed E-state index contributed by atoms with van der Waals surface area (Å²) in [4.78, 5) is 14.1. The highest BCUT2D eigenvalue weighted by atomic mass is 35.5. The molecule has 2 N–H and O–H groups in total. The third kappa shape index (κ3) is 3.32. The second-order valence-corrected chi connectivity index (χ2v) is 4.21. The SMILES string of the molecule is Nc1ccc(COc2cncc(Cl)c2)cc1[N+](=O)[O-]. The van der Waals surface area contributed by atoms with E-state index >= 15 is 0 Å². The maximum absolute atomic E-state index is 10.8. The Bertz CT molecular complexity index is 619. The van der Waals surface area contributed by atoms with Gasteiger partial charge in [-0.25, -0.2) is 0 Å². The summed E-state index contributed by atoms with van der Waals surface area (Å²) in [5.74, 6) is 0.493. The molecule has 7 heteroatoms. The highest BCUT2D eigenvalue weighted by Gasteiger charge is 2.12. The Morgan fingerprint density at radius 1 is 1.37 bits per heavy atom. The lowest BCUT2D eigenvalue weighted by molar-refractivity contribution is -0.384. The highest BCUT2D eigenvalue weighted by Crippen LogP contribution is 2.23. The van der Waals surface area contributed by atoms with E-state index in [0.717, 1.165) is 0 Å². The van der Waals surface area contributed by atoms with Gasteiger partial charge in [-0.1, -0.05) is 17.7 Å². The number of nitro benzene ring substituents is 1. The van der Waals surface area contributed by atoms with Crippen LogP contribution in [0.25, 0.3) is 0 Å². The molecule has 1 aromatic carbocycles. The van der Waals surface area contributed by atoms with Crippen LogP contribution in [-0.4, -0.2) is 9.91 Å². The predicted octanol–water partition coefficient (Wildman–Crippen LogP) is 2.80. The quantitative estimate of drug-likeness (QED) is 0.528. The summed E-state index contributed by atoms with van der Waals surface area (Å²) in [6, 6.07) is 6.14. The topological polar surface area (TPSA) is 91.3 Å². The zero-order valence-corrected chi connectivity index (χ0v) is 10.5. The Morgan fingerprint density at radius 3 is 2.84 bits per heavy atom. The van der Waals surface area contributed by atoms with E-state index < -0.39 is 4.92 Å². The van der Waals surface area contributed by atoms with Crippen molar-refractivity contribution in [3.05, 3.63) is 57.4 Å². The van der Waals surface area contributed by atoms with Crippen LogP contribution in [0, 0.1) is 10.1 Å². The number of nitro groups is 1. The van der Waals surface area contributed by atoms with E-state index in [-0.39, 0.29) is 18.0 Å². The normalized spacial score (nSPS) is 10.2. The van der Waals surface area contributed by atoms with Crippen LogP contribution in [0.5, 0.6) is 5.75 Å². The van der Waals surface area contributed by atoms with Crippen molar-refractivity contribution in [1.82, 2.24) is 4.98 Å². The third-order valence-electron chi connectivity index (χ3n) is 2.38. The van der Waals surface area contributed by atoms with E-state index in [4.69, 9.17) is 22.1 Å². The van der Waals surface area contributed by atoms with Crippen molar-refractivity contribution in [2.24, 2.45) is 0 Å². The van der Waals surface area contributed by atoms with Gasteiger partial charge >= 0.3 is 0 Å². The average Bonchev–Trinajstić information content (AvgIpc) is 2.37. The minimum Gasteiger partial charge on any atom is -0.487 e. The van der Waals surface area contributed by atoms with Crippen LogP contribution >= 0.6 is 11.6 Å². The number of pyridine rings is 1. The fraction of sp³-hybridized carbons (Fsp3) is 0.0833. The van der Waals surface area contributed by atoms with Gasteiger partial charge in [-0.15, -0.1) is 0 Å². The number of nitrogens with zero attached hydrogens (tertiary/aromatic N) is 2. The molecule has 0 amide bonds. The van der Waals surface area contributed by atoms with Gasteiger partial charge in [0.1, 0.15) is 18.0 Å². The van der Waals surface area contributed by atoms with Crippen LogP contribution < -0.4 is 10.5 Å². The lowest BCUT2D eigenvalue weighted by Gasteiger charge is -2.06. The van der Waals surface area contributed by atoms with Crippen molar-refractivity contribution in [2.45, 2.75) is 6.61 Å². The number of anilines is 1. The number of ether oxygens (including phenoxy) is 1. The van der Waals surface area contributed by atoms with Crippen LogP contribution in [0.2, 0.25) is 5.02 Å². The number of rotatable bonds is 4. The Kier molecular flexibility index (Phi) is 3.82. The molecular weight excluding hydrogens is 270 g/mol. The van der Waals surface area contributed by atoms with Crippen molar-refractivity contribution in [1.29, 1.82) is 0 Å². The van der Waals surface area contributed by atoms with E-state index in [0.29, 0.717) is 16.3 Å². The number of nitrogen functional groups attached to an aromatic ring is 1. The molecule has 0 aliphatic rings. The van der Waals surface area contributed by atoms with Crippen molar-refractivity contribution in [3.8, 4) is 5.75 Å². The zero-order valence-electron chi connectivity index (χ0n) is 9.75. The molecule has 19 heavy (non-hydrogen) atoms. The molecule has 0 spiro atoms. The molecule has 0 unspecified atom stereocenters. The number of halogens is 1. The van der Waals surface area contributed by atoms with Crippen molar-refractivity contribution in [2.75, 3.05) is 5.73 Å². The van der Waals surface area contributed by atoms with Gasteiger partial charge in [0.2, 0.25) is 0 Å². The van der Waals surface area contributed by atoms with Gasteiger partial charge in [-0.2, -0.15) is 0 Å². The summed E-state index contributed by atoms with van der Waals surface area (Å²) in [6.07, 6.45) is 3.00. The van der Waals surface area contributed by atoms with Gasteiger partial charge in [-0.3, -0.25) is 15.1 Å². The first-order valence-electron chi connectivity index (χ1n) is 5.32. The molecule has 0 aliphatic heterocycles. The molecule has 0 atom stereocenters. The molecule has 1 heterocycles.